The Balaban J connectivity index is 3.45. The Labute approximate surface area is 110 Å². The van der Waals surface area contributed by atoms with E-state index < -0.39 is 18.1 Å². The number of hydrogen-bond donors (Lipinski definition) is 3. The minimum absolute atomic E-state index is 0.403. The lowest BCUT2D eigenvalue weighted by Crippen LogP contribution is -2.41. The summed E-state index contributed by atoms with van der Waals surface area (Å²) < 4.78 is 0. The van der Waals surface area contributed by atoms with Gasteiger partial charge < -0.3 is 15.9 Å². The van der Waals surface area contributed by atoms with Gasteiger partial charge in [0.1, 0.15) is 6.04 Å². The summed E-state index contributed by atoms with van der Waals surface area (Å²) in [6.07, 6.45) is 11.6. The van der Waals surface area contributed by atoms with Crippen LogP contribution in [0.25, 0.3) is 0 Å². The molecule has 0 aliphatic heterocycles. The SMILES string of the molecule is CCCCCCC/C=C/CC[C@H](O)[C@H](N)C(=O)O. The first kappa shape index (κ1) is 17.1. The second-order valence-corrected chi connectivity index (χ2v) is 4.68. The highest BCUT2D eigenvalue weighted by molar-refractivity contribution is 5.73. The molecular formula is C14H27NO3. The summed E-state index contributed by atoms with van der Waals surface area (Å²) in [6.45, 7) is 2.20. The lowest BCUT2D eigenvalue weighted by atomic mass is 10.1. The number of carbonyl (C=O) groups is 1. The van der Waals surface area contributed by atoms with Crippen LogP contribution < -0.4 is 5.73 Å². The Kier molecular flexibility index (Phi) is 10.7. The van der Waals surface area contributed by atoms with Gasteiger partial charge in [-0.25, -0.2) is 0 Å². The summed E-state index contributed by atoms with van der Waals surface area (Å²) in [7, 11) is 0. The van der Waals surface area contributed by atoms with Crippen LogP contribution in [0.5, 0.6) is 0 Å². The standard InChI is InChI=1S/C14H27NO3/c1-2-3-4-5-6-7-8-9-10-11-12(16)13(15)14(17)18/h8-9,12-13,16H,2-7,10-11,15H2,1H3,(H,17,18)/b9-8+/t12-,13-/m0/s1. The zero-order valence-corrected chi connectivity index (χ0v) is 11.3. The molecule has 4 heteroatoms. The zero-order chi connectivity index (χ0) is 13.8. The molecule has 18 heavy (non-hydrogen) atoms. The van der Waals surface area contributed by atoms with Crippen LogP contribution in [0.4, 0.5) is 0 Å². The van der Waals surface area contributed by atoms with Crippen molar-refractivity contribution in [2.45, 2.75) is 70.4 Å². The van der Waals surface area contributed by atoms with E-state index in [4.69, 9.17) is 10.8 Å². The van der Waals surface area contributed by atoms with Crippen molar-refractivity contribution >= 4 is 5.97 Å². The normalized spacial score (nSPS) is 14.8. The van der Waals surface area contributed by atoms with Crippen LogP contribution >= 0.6 is 0 Å². The first-order valence-electron chi connectivity index (χ1n) is 6.91. The Morgan fingerprint density at radius 2 is 1.78 bits per heavy atom. The fourth-order valence-electron chi connectivity index (χ4n) is 1.71. The van der Waals surface area contributed by atoms with Crippen LogP contribution in [0.3, 0.4) is 0 Å². The minimum atomic E-state index is -1.17. The Morgan fingerprint density at radius 1 is 1.17 bits per heavy atom. The van der Waals surface area contributed by atoms with Crippen molar-refractivity contribution in [1.29, 1.82) is 0 Å². The van der Waals surface area contributed by atoms with E-state index in [2.05, 4.69) is 13.0 Å². The molecule has 0 rings (SSSR count). The van der Waals surface area contributed by atoms with Crippen molar-refractivity contribution in [3.8, 4) is 0 Å². The molecule has 0 saturated heterocycles. The van der Waals surface area contributed by atoms with Crippen LogP contribution in [-0.4, -0.2) is 28.3 Å². The van der Waals surface area contributed by atoms with Crippen molar-refractivity contribution < 1.29 is 15.0 Å². The number of nitrogens with two attached hydrogens (primary N) is 1. The van der Waals surface area contributed by atoms with Gasteiger partial charge in [0, 0.05) is 0 Å². The average Bonchev–Trinajstić information content (AvgIpc) is 2.35. The third kappa shape index (κ3) is 9.19. The van der Waals surface area contributed by atoms with Gasteiger partial charge in [-0.05, 0) is 25.7 Å². The molecule has 106 valence electrons. The summed E-state index contributed by atoms with van der Waals surface area (Å²) in [6, 6.07) is -1.17. The molecule has 0 saturated carbocycles. The fourth-order valence-corrected chi connectivity index (χ4v) is 1.71. The van der Waals surface area contributed by atoms with Crippen LogP contribution in [0.2, 0.25) is 0 Å². The quantitative estimate of drug-likeness (QED) is 0.392. The van der Waals surface area contributed by atoms with E-state index in [-0.39, 0.29) is 0 Å². The molecule has 4 nitrogen and oxygen atoms in total. The van der Waals surface area contributed by atoms with E-state index in [0.29, 0.717) is 12.8 Å². The molecule has 2 atom stereocenters. The first-order chi connectivity index (χ1) is 8.59. The molecule has 0 heterocycles. The molecule has 4 N–H and O–H groups in total. The number of unbranched alkanes of at least 4 members (excludes halogenated alkanes) is 5. The monoisotopic (exact) mass is 257 g/mol. The van der Waals surface area contributed by atoms with Crippen LogP contribution in [0.1, 0.15) is 58.3 Å². The molecule has 0 radical (unpaired) electrons. The number of aliphatic hydroxyl groups is 1. The van der Waals surface area contributed by atoms with Crippen LogP contribution in [-0.2, 0) is 4.79 Å². The molecule has 0 aliphatic carbocycles. The highest BCUT2D eigenvalue weighted by Crippen LogP contribution is 2.07. The molecule has 0 unspecified atom stereocenters. The molecule has 0 aromatic carbocycles. The lowest BCUT2D eigenvalue weighted by Gasteiger charge is -2.13. The smallest absolute Gasteiger partial charge is 0.323 e. The zero-order valence-electron chi connectivity index (χ0n) is 11.3. The molecule has 0 fully saturated rings. The molecule has 0 aromatic heterocycles. The van der Waals surface area contributed by atoms with Gasteiger partial charge in [0.25, 0.3) is 0 Å². The minimum Gasteiger partial charge on any atom is -0.480 e. The highest BCUT2D eigenvalue weighted by Gasteiger charge is 2.20. The van der Waals surface area contributed by atoms with Gasteiger partial charge in [0.15, 0.2) is 0 Å². The van der Waals surface area contributed by atoms with Crippen LogP contribution in [0, 0.1) is 0 Å². The van der Waals surface area contributed by atoms with Gasteiger partial charge in [-0.3, -0.25) is 4.79 Å². The van der Waals surface area contributed by atoms with Crippen molar-refractivity contribution in [1.82, 2.24) is 0 Å². The Bertz CT molecular complexity index is 241. The summed E-state index contributed by atoms with van der Waals surface area (Å²) in [5.41, 5.74) is 5.30. The van der Waals surface area contributed by atoms with E-state index in [1.165, 1.54) is 32.1 Å². The maximum atomic E-state index is 10.5. The number of aliphatic hydroxyl groups excluding tert-OH is 1. The molecule has 0 spiro atoms. The van der Waals surface area contributed by atoms with Crippen molar-refractivity contribution in [3.05, 3.63) is 12.2 Å². The van der Waals surface area contributed by atoms with E-state index in [0.717, 1.165) is 6.42 Å². The number of rotatable bonds is 11. The van der Waals surface area contributed by atoms with E-state index in [1.54, 1.807) is 0 Å². The molecule has 0 bridgehead atoms. The van der Waals surface area contributed by atoms with Crippen molar-refractivity contribution in [2.24, 2.45) is 5.73 Å². The maximum absolute atomic E-state index is 10.5. The summed E-state index contributed by atoms with van der Waals surface area (Å²) >= 11 is 0. The number of carboxylic acids is 1. The summed E-state index contributed by atoms with van der Waals surface area (Å²) in [5, 5.41) is 18.0. The van der Waals surface area contributed by atoms with E-state index in [9.17, 15) is 9.90 Å². The highest BCUT2D eigenvalue weighted by atomic mass is 16.4. The lowest BCUT2D eigenvalue weighted by molar-refractivity contribution is -0.141. The molecule has 0 aromatic rings. The second kappa shape index (κ2) is 11.2. The van der Waals surface area contributed by atoms with Gasteiger partial charge in [0.05, 0.1) is 6.10 Å². The maximum Gasteiger partial charge on any atom is 0.323 e. The third-order valence-corrected chi connectivity index (χ3v) is 2.97. The Hall–Kier alpha value is -0.870. The molecular weight excluding hydrogens is 230 g/mol. The van der Waals surface area contributed by atoms with Gasteiger partial charge in [-0.15, -0.1) is 0 Å². The number of carboxylic acid groups (broad SMARTS) is 1. The van der Waals surface area contributed by atoms with E-state index in [1.807, 2.05) is 6.08 Å². The van der Waals surface area contributed by atoms with E-state index >= 15 is 0 Å². The van der Waals surface area contributed by atoms with Gasteiger partial charge in [-0.1, -0.05) is 44.8 Å². The number of hydrogen-bond acceptors (Lipinski definition) is 3. The molecule has 0 aliphatic rings. The topological polar surface area (TPSA) is 83.5 Å². The third-order valence-electron chi connectivity index (χ3n) is 2.97. The van der Waals surface area contributed by atoms with Gasteiger partial charge in [-0.2, -0.15) is 0 Å². The largest absolute Gasteiger partial charge is 0.480 e. The predicted molar refractivity (Wildman–Crippen MR) is 73.4 cm³/mol. The number of aliphatic carboxylic acids is 1. The first-order valence-corrected chi connectivity index (χ1v) is 6.91. The summed E-state index contributed by atoms with van der Waals surface area (Å²) in [5.74, 6) is -1.15. The summed E-state index contributed by atoms with van der Waals surface area (Å²) in [4.78, 5) is 10.5. The van der Waals surface area contributed by atoms with Gasteiger partial charge in [0.2, 0.25) is 0 Å². The Morgan fingerprint density at radius 3 is 2.39 bits per heavy atom. The fraction of sp³-hybridized carbons (Fsp3) is 0.786. The van der Waals surface area contributed by atoms with Crippen molar-refractivity contribution in [2.75, 3.05) is 0 Å². The second-order valence-electron chi connectivity index (χ2n) is 4.68. The number of allylic oxidation sites excluding steroid dienone is 2. The van der Waals surface area contributed by atoms with Crippen LogP contribution in [0.15, 0.2) is 12.2 Å². The van der Waals surface area contributed by atoms with Crippen molar-refractivity contribution in [3.63, 3.8) is 0 Å². The van der Waals surface area contributed by atoms with Gasteiger partial charge >= 0.3 is 5.97 Å². The predicted octanol–water partition coefficient (Wildman–Crippen LogP) is 2.46. The average molecular weight is 257 g/mol. The molecule has 0 amide bonds.